The maximum Gasteiger partial charge on any atom is 0.258 e. The fourth-order valence-electron chi connectivity index (χ4n) is 6.48. The van der Waals surface area contributed by atoms with Gasteiger partial charge in [-0.25, -0.2) is 0 Å². The SMILES string of the molecule is CC(=O)C1C=CC(O)=CC1(Sc1cc(OCc2ccccc2)ccc1O)c1ccc(O[Si](C(C)C)(C(C)C)C(C)C)cc1. The van der Waals surface area contributed by atoms with Gasteiger partial charge < -0.3 is 19.4 Å². The topological polar surface area (TPSA) is 76.0 Å². The van der Waals surface area contributed by atoms with Crippen molar-refractivity contribution in [2.75, 3.05) is 0 Å². The van der Waals surface area contributed by atoms with Gasteiger partial charge in [-0.15, -0.1) is 11.8 Å². The Morgan fingerprint density at radius 1 is 0.884 bits per heavy atom. The van der Waals surface area contributed by atoms with Crippen LogP contribution in [0.2, 0.25) is 16.6 Å². The fourth-order valence-corrected chi connectivity index (χ4v) is 13.2. The Balaban J connectivity index is 1.73. The van der Waals surface area contributed by atoms with Gasteiger partial charge in [0, 0.05) is 0 Å². The largest absolute Gasteiger partial charge is 0.543 e. The number of thioether (sulfide) groups is 1. The Morgan fingerprint density at radius 2 is 1.49 bits per heavy atom. The molecule has 0 fully saturated rings. The summed E-state index contributed by atoms with van der Waals surface area (Å²) in [6, 6.07) is 22.9. The molecule has 3 aromatic carbocycles. The molecule has 2 atom stereocenters. The monoisotopic (exact) mass is 616 g/mol. The summed E-state index contributed by atoms with van der Waals surface area (Å²) in [5.41, 5.74) is 3.14. The summed E-state index contributed by atoms with van der Waals surface area (Å²) in [5.74, 6) is 0.914. The number of aliphatic hydroxyl groups is 1. The molecule has 4 rings (SSSR count). The van der Waals surface area contributed by atoms with Crippen molar-refractivity contribution in [2.45, 2.75) is 81.3 Å². The van der Waals surface area contributed by atoms with E-state index in [9.17, 15) is 15.0 Å². The van der Waals surface area contributed by atoms with Crippen molar-refractivity contribution in [1.29, 1.82) is 0 Å². The molecule has 0 radical (unpaired) electrons. The van der Waals surface area contributed by atoms with E-state index in [2.05, 4.69) is 41.5 Å². The van der Waals surface area contributed by atoms with E-state index in [-0.39, 0.29) is 17.3 Å². The van der Waals surface area contributed by atoms with E-state index in [1.54, 1.807) is 43.4 Å². The van der Waals surface area contributed by atoms with E-state index >= 15 is 0 Å². The normalized spacial score (nSPS) is 18.7. The number of benzene rings is 3. The molecule has 0 aliphatic heterocycles. The van der Waals surface area contributed by atoms with E-state index in [1.165, 1.54) is 11.8 Å². The van der Waals surface area contributed by atoms with Crippen LogP contribution in [-0.4, -0.2) is 24.3 Å². The van der Waals surface area contributed by atoms with Crippen molar-refractivity contribution in [3.05, 3.63) is 108 Å². The molecule has 0 saturated carbocycles. The number of carbonyl (C=O) groups is 1. The lowest BCUT2D eigenvalue weighted by Gasteiger charge is -2.42. The van der Waals surface area contributed by atoms with Crippen LogP contribution in [0.4, 0.5) is 0 Å². The zero-order chi connectivity index (χ0) is 31.4. The summed E-state index contributed by atoms with van der Waals surface area (Å²) < 4.78 is 11.9. The molecule has 5 nitrogen and oxygen atoms in total. The van der Waals surface area contributed by atoms with Crippen molar-refractivity contribution >= 4 is 25.9 Å². The molecule has 2 unspecified atom stereocenters. The molecule has 0 saturated heterocycles. The zero-order valence-corrected chi connectivity index (χ0v) is 28.0. The Hall–Kier alpha value is -3.42. The van der Waals surface area contributed by atoms with Gasteiger partial charge in [0.15, 0.2) is 0 Å². The van der Waals surface area contributed by atoms with E-state index in [4.69, 9.17) is 9.16 Å². The molecular formula is C36H44O5SSi. The van der Waals surface area contributed by atoms with Gasteiger partial charge in [-0.3, -0.25) is 4.79 Å². The number of aromatic hydroxyl groups is 1. The van der Waals surface area contributed by atoms with Crippen LogP contribution in [0.25, 0.3) is 0 Å². The van der Waals surface area contributed by atoms with E-state index < -0.39 is 19.0 Å². The number of aliphatic hydroxyl groups excluding tert-OH is 1. The number of ether oxygens (including phenoxy) is 1. The maximum atomic E-state index is 13.1. The highest BCUT2D eigenvalue weighted by molar-refractivity contribution is 8.00. The second-order valence-corrected chi connectivity index (χ2v) is 19.0. The quantitative estimate of drug-likeness (QED) is 0.197. The molecule has 0 aromatic heterocycles. The number of allylic oxidation sites excluding steroid dienone is 2. The van der Waals surface area contributed by atoms with Gasteiger partial charge in [0.05, 0.1) is 15.6 Å². The molecule has 43 heavy (non-hydrogen) atoms. The molecule has 0 heterocycles. The summed E-state index contributed by atoms with van der Waals surface area (Å²) in [4.78, 5) is 13.6. The number of phenols is 1. The summed E-state index contributed by atoms with van der Waals surface area (Å²) in [6.45, 7) is 15.5. The van der Waals surface area contributed by atoms with E-state index in [1.807, 2.05) is 54.6 Å². The number of carbonyl (C=O) groups excluding carboxylic acids is 1. The Kier molecular flexibility index (Phi) is 10.2. The second-order valence-electron chi connectivity index (χ2n) is 12.3. The smallest absolute Gasteiger partial charge is 0.258 e. The lowest BCUT2D eigenvalue weighted by Crippen LogP contribution is -2.50. The zero-order valence-electron chi connectivity index (χ0n) is 26.2. The van der Waals surface area contributed by atoms with Crippen LogP contribution in [0.15, 0.2) is 102 Å². The molecule has 0 amide bonds. The number of rotatable bonds is 12. The predicted molar refractivity (Wildman–Crippen MR) is 179 cm³/mol. The van der Waals surface area contributed by atoms with Crippen molar-refractivity contribution in [1.82, 2.24) is 0 Å². The average Bonchev–Trinajstić information content (AvgIpc) is 2.96. The minimum Gasteiger partial charge on any atom is -0.543 e. The number of hydrogen-bond acceptors (Lipinski definition) is 6. The minimum absolute atomic E-state index is 0.0466. The number of phenolic OH excluding ortho intramolecular Hbond substituents is 1. The third-order valence-corrected chi connectivity index (χ3v) is 16.0. The van der Waals surface area contributed by atoms with Gasteiger partial charge in [0.1, 0.15) is 35.4 Å². The third kappa shape index (κ3) is 6.89. The van der Waals surface area contributed by atoms with Crippen LogP contribution in [0.1, 0.15) is 59.6 Å². The third-order valence-electron chi connectivity index (χ3n) is 8.49. The standard InChI is InChI=1S/C36H44O5SSi/c1-24(2)43(25(3)4,26(5)6)41-31-16-13-29(14-17-31)36(22-30(38)15-19-33(36)27(7)37)42-35-21-32(18-20-34(35)39)40-23-28-11-9-8-10-12-28/h8-22,24-26,33,38-39H,23H2,1-7H3. The molecule has 0 bridgehead atoms. The molecular weight excluding hydrogens is 573 g/mol. The highest BCUT2D eigenvalue weighted by atomic mass is 32.2. The molecule has 0 spiro atoms. The highest BCUT2D eigenvalue weighted by Crippen LogP contribution is 2.54. The molecule has 1 aliphatic carbocycles. The molecule has 3 aromatic rings. The van der Waals surface area contributed by atoms with Gasteiger partial charge in [-0.1, -0.05) is 90.1 Å². The number of ketones is 1. The summed E-state index contributed by atoms with van der Waals surface area (Å²) >= 11 is 1.33. The Labute approximate surface area is 261 Å². The molecule has 2 N–H and O–H groups in total. The van der Waals surface area contributed by atoms with E-state index in [0.29, 0.717) is 33.9 Å². The van der Waals surface area contributed by atoms with Crippen LogP contribution in [0.5, 0.6) is 17.2 Å². The van der Waals surface area contributed by atoms with E-state index in [0.717, 1.165) is 16.9 Å². The summed E-state index contributed by atoms with van der Waals surface area (Å²) in [5, 5.41) is 21.7. The van der Waals surface area contributed by atoms with Crippen molar-refractivity contribution < 1.29 is 24.2 Å². The van der Waals surface area contributed by atoms with Crippen LogP contribution in [0.3, 0.4) is 0 Å². The van der Waals surface area contributed by atoms with Crippen LogP contribution >= 0.6 is 11.8 Å². The first kappa shape index (κ1) is 32.5. The summed E-state index contributed by atoms with van der Waals surface area (Å²) in [7, 11) is -2.16. The molecule has 7 heteroatoms. The number of Topliss-reactive ketones (excluding diaryl/α,β-unsaturated/α-hetero) is 1. The first-order valence-corrected chi connectivity index (χ1v) is 17.9. The van der Waals surface area contributed by atoms with Crippen molar-refractivity contribution in [3.63, 3.8) is 0 Å². The predicted octanol–water partition coefficient (Wildman–Crippen LogP) is 9.73. The first-order chi connectivity index (χ1) is 20.4. The van der Waals surface area contributed by atoms with Crippen LogP contribution in [0, 0.1) is 5.92 Å². The Bertz CT molecular complexity index is 1440. The maximum absolute atomic E-state index is 13.1. The summed E-state index contributed by atoms with van der Waals surface area (Å²) in [6.07, 6.45) is 5.03. The first-order valence-electron chi connectivity index (χ1n) is 15.0. The van der Waals surface area contributed by atoms with Gasteiger partial charge in [0.25, 0.3) is 8.32 Å². The minimum atomic E-state index is -2.16. The Morgan fingerprint density at radius 3 is 2.07 bits per heavy atom. The fraction of sp³-hybridized carbons (Fsp3) is 0.361. The second kappa shape index (κ2) is 13.5. The van der Waals surface area contributed by atoms with Gasteiger partial charge >= 0.3 is 0 Å². The van der Waals surface area contributed by atoms with Gasteiger partial charge in [0.2, 0.25) is 0 Å². The molecule has 1 aliphatic rings. The average molecular weight is 617 g/mol. The highest BCUT2D eigenvalue weighted by Gasteiger charge is 2.47. The molecule has 228 valence electrons. The van der Waals surface area contributed by atoms with Gasteiger partial charge in [-0.2, -0.15) is 0 Å². The van der Waals surface area contributed by atoms with Crippen molar-refractivity contribution in [3.8, 4) is 17.2 Å². The van der Waals surface area contributed by atoms with Crippen LogP contribution in [-0.2, 0) is 16.1 Å². The van der Waals surface area contributed by atoms with Crippen LogP contribution < -0.4 is 9.16 Å². The van der Waals surface area contributed by atoms with Crippen molar-refractivity contribution in [2.24, 2.45) is 5.92 Å². The van der Waals surface area contributed by atoms with Gasteiger partial charge in [-0.05, 0) is 77.2 Å². The lowest BCUT2D eigenvalue weighted by molar-refractivity contribution is -0.120. The lowest BCUT2D eigenvalue weighted by atomic mass is 9.79. The number of hydrogen-bond donors (Lipinski definition) is 2.